The van der Waals surface area contributed by atoms with Crippen molar-refractivity contribution in [3.05, 3.63) is 69.3 Å². The molecule has 0 aliphatic heterocycles. The molecular weight excluding hydrogens is 394 g/mol. The summed E-state index contributed by atoms with van der Waals surface area (Å²) in [4.78, 5) is 46.1. The lowest BCUT2D eigenvalue weighted by Gasteiger charge is -2.14. The van der Waals surface area contributed by atoms with Gasteiger partial charge in [0, 0.05) is 18.2 Å². The molecular formula is C18H14F2N2O7. The molecule has 2 rings (SSSR count). The van der Waals surface area contributed by atoms with Crippen LogP contribution in [0.5, 0.6) is 0 Å². The van der Waals surface area contributed by atoms with Gasteiger partial charge in [0.15, 0.2) is 6.10 Å². The maximum absolute atomic E-state index is 13.6. The summed E-state index contributed by atoms with van der Waals surface area (Å²) in [5.74, 6) is -4.74. The van der Waals surface area contributed by atoms with Crippen molar-refractivity contribution >= 4 is 29.2 Å². The third-order valence-corrected chi connectivity index (χ3v) is 3.62. The molecule has 0 aliphatic carbocycles. The number of nitrogens with zero attached hydrogens (tertiary/aromatic N) is 1. The fraction of sp³-hybridized carbons (Fsp3) is 0.167. The van der Waals surface area contributed by atoms with E-state index < -0.39 is 51.9 Å². The maximum atomic E-state index is 13.6. The summed E-state index contributed by atoms with van der Waals surface area (Å²) in [5.41, 5.74) is -1.68. The SMILES string of the molecule is COC(=O)c1cc(C(=O)OC(C)C(=O)Nc2cc(F)ccc2F)cc([N+](=O)[O-])c1. The zero-order valence-corrected chi connectivity index (χ0v) is 15.1. The van der Waals surface area contributed by atoms with Crippen molar-refractivity contribution in [3.8, 4) is 0 Å². The number of hydrogen-bond acceptors (Lipinski definition) is 7. The van der Waals surface area contributed by atoms with Crippen LogP contribution in [0.4, 0.5) is 20.2 Å². The summed E-state index contributed by atoms with van der Waals surface area (Å²) in [6.45, 7) is 1.16. The van der Waals surface area contributed by atoms with Crippen molar-refractivity contribution in [1.82, 2.24) is 0 Å². The quantitative estimate of drug-likeness (QED) is 0.443. The largest absolute Gasteiger partial charge is 0.465 e. The smallest absolute Gasteiger partial charge is 0.339 e. The predicted octanol–water partition coefficient (Wildman–Crippen LogP) is 2.84. The molecule has 0 radical (unpaired) electrons. The van der Waals surface area contributed by atoms with Gasteiger partial charge in [0.1, 0.15) is 11.6 Å². The molecule has 0 fully saturated rings. The summed E-state index contributed by atoms with van der Waals surface area (Å²) in [6.07, 6.45) is -1.47. The summed E-state index contributed by atoms with van der Waals surface area (Å²) in [7, 11) is 1.05. The van der Waals surface area contributed by atoms with Crippen molar-refractivity contribution in [2.75, 3.05) is 12.4 Å². The van der Waals surface area contributed by atoms with Crippen molar-refractivity contribution < 1.29 is 37.6 Å². The van der Waals surface area contributed by atoms with E-state index in [1.807, 2.05) is 0 Å². The zero-order chi connectivity index (χ0) is 21.7. The number of carbonyl (C=O) groups excluding carboxylic acids is 3. The Hall–Kier alpha value is -3.89. The number of carbonyl (C=O) groups is 3. The van der Waals surface area contributed by atoms with Crippen LogP contribution in [-0.4, -0.2) is 36.0 Å². The summed E-state index contributed by atoms with van der Waals surface area (Å²) >= 11 is 0. The van der Waals surface area contributed by atoms with Crippen LogP contribution in [0.3, 0.4) is 0 Å². The minimum atomic E-state index is -1.47. The number of amides is 1. The van der Waals surface area contributed by atoms with Gasteiger partial charge >= 0.3 is 11.9 Å². The maximum Gasteiger partial charge on any atom is 0.339 e. The molecule has 0 saturated carbocycles. The molecule has 0 aliphatic rings. The lowest BCUT2D eigenvalue weighted by molar-refractivity contribution is -0.384. The average molecular weight is 408 g/mol. The van der Waals surface area contributed by atoms with Gasteiger partial charge in [-0.15, -0.1) is 0 Å². The Bertz CT molecular complexity index is 994. The van der Waals surface area contributed by atoms with Crippen molar-refractivity contribution in [1.29, 1.82) is 0 Å². The first kappa shape index (κ1) is 21.4. The van der Waals surface area contributed by atoms with Crippen LogP contribution in [0.25, 0.3) is 0 Å². The third-order valence-electron chi connectivity index (χ3n) is 3.62. The summed E-state index contributed by atoms with van der Waals surface area (Å²) < 4.78 is 36.1. The summed E-state index contributed by atoms with van der Waals surface area (Å²) in [5, 5.41) is 13.1. The molecule has 0 bridgehead atoms. The normalized spacial score (nSPS) is 11.3. The first-order chi connectivity index (χ1) is 13.6. The van der Waals surface area contributed by atoms with E-state index >= 15 is 0 Å². The van der Waals surface area contributed by atoms with E-state index in [0.29, 0.717) is 0 Å². The standard InChI is InChI=1S/C18H14F2N2O7/c1-9(16(23)21-15-8-12(19)3-4-14(15)20)29-18(25)11-5-10(17(24)28-2)6-13(7-11)22(26)27/h3-9H,1-2H3,(H,21,23). The van der Waals surface area contributed by atoms with Crippen molar-refractivity contribution in [3.63, 3.8) is 0 Å². The Labute approximate surface area is 162 Å². The highest BCUT2D eigenvalue weighted by molar-refractivity contribution is 5.99. The number of non-ortho nitro benzene ring substituents is 1. The molecule has 9 nitrogen and oxygen atoms in total. The lowest BCUT2D eigenvalue weighted by atomic mass is 10.1. The Morgan fingerprint density at radius 2 is 1.69 bits per heavy atom. The van der Waals surface area contributed by atoms with Crippen LogP contribution in [0.15, 0.2) is 36.4 Å². The highest BCUT2D eigenvalue weighted by Gasteiger charge is 2.23. The van der Waals surface area contributed by atoms with Gasteiger partial charge in [-0.25, -0.2) is 18.4 Å². The predicted molar refractivity (Wildman–Crippen MR) is 94.3 cm³/mol. The topological polar surface area (TPSA) is 125 Å². The second kappa shape index (κ2) is 8.87. The fourth-order valence-electron chi connectivity index (χ4n) is 2.18. The van der Waals surface area contributed by atoms with E-state index in [1.165, 1.54) is 0 Å². The molecule has 1 N–H and O–H groups in total. The minimum Gasteiger partial charge on any atom is -0.465 e. The second-order valence-corrected chi connectivity index (χ2v) is 5.68. The number of benzene rings is 2. The first-order valence-corrected chi connectivity index (χ1v) is 7.97. The van der Waals surface area contributed by atoms with Gasteiger partial charge in [-0.1, -0.05) is 0 Å². The second-order valence-electron chi connectivity index (χ2n) is 5.68. The van der Waals surface area contributed by atoms with Crippen molar-refractivity contribution in [2.45, 2.75) is 13.0 Å². The molecule has 2 aromatic rings. The van der Waals surface area contributed by atoms with Crippen molar-refractivity contribution in [2.24, 2.45) is 0 Å². The molecule has 0 heterocycles. The van der Waals surface area contributed by atoms with Crippen LogP contribution >= 0.6 is 0 Å². The van der Waals surface area contributed by atoms with Gasteiger partial charge < -0.3 is 14.8 Å². The van der Waals surface area contributed by atoms with Gasteiger partial charge in [-0.3, -0.25) is 14.9 Å². The lowest BCUT2D eigenvalue weighted by Crippen LogP contribution is -2.30. The van der Waals surface area contributed by atoms with E-state index in [-0.39, 0.29) is 11.1 Å². The fourth-order valence-corrected chi connectivity index (χ4v) is 2.18. The van der Waals surface area contributed by atoms with E-state index in [2.05, 4.69) is 10.1 Å². The van der Waals surface area contributed by atoms with Crippen LogP contribution in [-0.2, 0) is 14.3 Å². The van der Waals surface area contributed by atoms with Gasteiger partial charge in [0.05, 0.1) is 28.8 Å². The van der Waals surface area contributed by atoms with E-state index in [9.17, 15) is 33.3 Å². The van der Waals surface area contributed by atoms with Crippen LogP contribution in [0.1, 0.15) is 27.6 Å². The number of rotatable bonds is 6. The highest BCUT2D eigenvalue weighted by Crippen LogP contribution is 2.20. The van der Waals surface area contributed by atoms with E-state index in [0.717, 1.165) is 50.4 Å². The molecule has 1 amide bonds. The molecule has 11 heteroatoms. The number of nitro groups is 1. The molecule has 2 aromatic carbocycles. The summed E-state index contributed by atoms with van der Waals surface area (Å²) in [6, 6.07) is 5.16. The van der Waals surface area contributed by atoms with Gasteiger partial charge in [0.2, 0.25) is 0 Å². The van der Waals surface area contributed by atoms with Gasteiger partial charge in [-0.05, 0) is 25.1 Å². The Balaban J connectivity index is 2.19. The number of nitrogens with one attached hydrogen (secondary N) is 1. The molecule has 0 aromatic heterocycles. The number of ether oxygens (including phenoxy) is 2. The molecule has 0 spiro atoms. The van der Waals surface area contributed by atoms with Crippen LogP contribution in [0, 0.1) is 21.7 Å². The zero-order valence-electron chi connectivity index (χ0n) is 15.1. The third kappa shape index (κ3) is 5.31. The number of nitro benzene ring substituents is 1. The van der Waals surface area contributed by atoms with Crippen LogP contribution in [0.2, 0.25) is 0 Å². The minimum absolute atomic E-state index is 0.271. The highest BCUT2D eigenvalue weighted by atomic mass is 19.1. The molecule has 0 saturated heterocycles. The Morgan fingerprint density at radius 1 is 1.07 bits per heavy atom. The number of hydrogen-bond donors (Lipinski definition) is 1. The van der Waals surface area contributed by atoms with Gasteiger partial charge in [-0.2, -0.15) is 0 Å². The average Bonchev–Trinajstić information content (AvgIpc) is 2.69. The Morgan fingerprint density at radius 3 is 2.28 bits per heavy atom. The van der Waals surface area contributed by atoms with Gasteiger partial charge in [0.25, 0.3) is 11.6 Å². The molecule has 29 heavy (non-hydrogen) atoms. The van der Waals surface area contributed by atoms with Crippen LogP contribution < -0.4 is 5.32 Å². The number of esters is 2. The monoisotopic (exact) mass is 408 g/mol. The first-order valence-electron chi connectivity index (χ1n) is 7.97. The molecule has 152 valence electrons. The number of methoxy groups -OCH3 is 1. The molecule has 1 atom stereocenters. The number of anilines is 1. The number of halogens is 2. The molecule has 1 unspecified atom stereocenters. The van der Waals surface area contributed by atoms with E-state index in [1.54, 1.807) is 0 Å². The van der Waals surface area contributed by atoms with E-state index in [4.69, 9.17) is 4.74 Å². The Kier molecular flexibility index (Phi) is 6.55.